The Morgan fingerprint density at radius 2 is 1.93 bits per heavy atom. The topological polar surface area (TPSA) is 91.3 Å². The van der Waals surface area contributed by atoms with E-state index in [1.807, 2.05) is 0 Å². The summed E-state index contributed by atoms with van der Waals surface area (Å²) < 4.78 is 52.5. The molecule has 1 aromatic carbocycles. The molecule has 0 aliphatic carbocycles. The number of alkyl halides is 3. The number of halogens is 4. The molecule has 6 nitrogen and oxygen atoms in total. The van der Waals surface area contributed by atoms with Gasteiger partial charge < -0.3 is 15.7 Å². The lowest BCUT2D eigenvalue weighted by atomic mass is 10.0. The van der Waals surface area contributed by atoms with Crippen LogP contribution in [0.3, 0.4) is 0 Å². The van der Waals surface area contributed by atoms with Crippen molar-refractivity contribution in [2.24, 2.45) is 0 Å². The highest BCUT2D eigenvalue weighted by Crippen LogP contribution is 2.32. The Kier molecular flexibility index (Phi) is 6.11. The summed E-state index contributed by atoms with van der Waals surface area (Å²) >= 11 is 0. The van der Waals surface area contributed by atoms with Crippen LogP contribution >= 0.6 is 0 Å². The molecule has 0 saturated heterocycles. The van der Waals surface area contributed by atoms with E-state index in [2.05, 4.69) is 15.6 Å². The first-order valence-electron chi connectivity index (χ1n) is 7.62. The number of amides is 2. The number of rotatable bonds is 5. The first-order chi connectivity index (χ1) is 12.6. The number of aliphatic hydroxyl groups excluding tert-OH is 1. The molecule has 1 heterocycles. The van der Waals surface area contributed by atoms with Crippen LogP contribution in [-0.4, -0.2) is 35.0 Å². The Morgan fingerprint density at radius 1 is 1.22 bits per heavy atom. The fourth-order valence-electron chi connectivity index (χ4n) is 2.35. The Bertz CT molecular complexity index is 828. The highest BCUT2D eigenvalue weighted by molar-refractivity contribution is 5.99. The Morgan fingerprint density at radius 3 is 2.48 bits per heavy atom. The van der Waals surface area contributed by atoms with Crippen molar-refractivity contribution in [3.63, 3.8) is 0 Å². The van der Waals surface area contributed by atoms with Crippen LogP contribution in [0, 0.1) is 5.82 Å². The highest BCUT2D eigenvalue weighted by Gasteiger charge is 2.37. The lowest BCUT2D eigenvalue weighted by Gasteiger charge is -2.23. The number of carbonyl (C=O) groups excluding carboxylic acids is 2. The van der Waals surface area contributed by atoms with Crippen LogP contribution in [0.1, 0.15) is 27.6 Å². The quantitative estimate of drug-likeness (QED) is 0.685. The largest absolute Gasteiger partial charge is 0.417 e. The molecule has 2 aromatic rings. The molecule has 144 valence electrons. The van der Waals surface area contributed by atoms with Crippen molar-refractivity contribution in [1.29, 1.82) is 0 Å². The van der Waals surface area contributed by atoms with Gasteiger partial charge >= 0.3 is 6.18 Å². The summed E-state index contributed by atoms with van der Waals surface area (Å²) in [5, 5.41) is 14.6. The molecule has 2 amide bonds. The van der Waals surface area contributed by atoms with Crippen LogP contribution < -0.4 is 10.6 Å². The minimum atomic E-state index is -4.99. The summed E-state index contributed by atoms with van der Waals surface area (Å²) in [7, 11) is 1.23. The van der Waals surface area contributed by atoms with E-state index in [0.29, 0.717) is 12.1 Å². The third-order valence-electron chi connectivity index (χ3n) is 3.69. The molecule has 0 radical (unpaired) electrons. The molecule has 2 rings (SSSR count). The third-order valence-corrected chi connectivity index (χ3v) is 3.69. The second kappa shape index (κ2) is 8.12. The lowest BCUT2D eigenvalue weighted by Crippen LogP contribution is -2.49. The van der Waals surface area contributed by atoms with Crippen LogP contribution in [0.5, 0.6) is 0 Å². The van der Waals surface area contributed by atoms with Crippen LogP contribution in [0.15, 0.2) is 42.7 Å². The second-order valence-electron chi connectivity index (χ2n) is 5.48. The summed E-state index contributed by atoms with van der Waals surface area (Å²) in [6.45, 7) is 0. The molecule has 0 bridgehead atoms. The van der Waals surface area contributed by atoms with Gasteiger partial charge in [-0.2, -0.15) is 13.2 Å². The molecule has 0 aliphatic heterocycles. The average molecular weight is 385 g/mol. The van der Waals surface area contributed by atoms with Crippen molar-refractivity contribution < 1.29 is 32.3 Å². The van der Waals surface area contributed by atoms with E-state index in [0.717, 1.165) is 0 Å². The first-order valence-corrected chi connectivity index (χ1v) is 7.62. The number of benzene rings is 1. The zero-order valence-electron chi connectivity index (χ0n) is 13.9. The zero-order chi connectivity index (χ0) is 20.2. The maximum atomic E-state index is 13.2. The van der Waals surface area contributed by atoms with E-state index in [-0.39, 0.29) is 11.6 Å². The maximum absolute atomic E-state index is 13.2. The molecule has 0 saturated carbocycles. The van der Waals surface area contributed by atoms with E-state index in [1.165, 1.54) is 31.6 Å². The molecular formula is C17H15F4N3O3. The van der Waals surface area contributed by atoms with Crippen molar-refractivity contribution >= 4 is 11.8 Å². The number of pyridine rings is 1. The lowest BCUT2D eigenvalue weighted by molar-refractivity contribution is -0.138. The zero-order valence-corrected chi connectivity index (χ0v) is 13.9. The Balaban J connectivity index is 2.36. The molecule has 0 fully saturated rings. The van der Waals surface area contributed by atoms with Crippen molar-refractivity contribution in [1.82, 2.24) is 15.6 Å². The molecule has 0 aliphatic rings. The van der Waals surface area contributed by atoms with E-state index in [4.69, 9.17) is 0 Å². The van der Waals surface area contributed by atoms with Crippen LogP contribution in [0.4, 0.5) is 17.6 Å². The Labute approximate surface area is 151 Å². The van der Waals surface area contributed by atoms with Crippen LogP contribution in [0.2, 0.25) is 0 Å². The summed E-state index contributed by atoms with van der Waals surface area (Å²) in [5.74, 6) is -3.30. The third kappa shape index (κ3) is 4.79. The summed E-state index contributed by atoms with van der Waals surface area (Å²) in [6.07, 6.45) is -3.90. The first kappa shape index (κ1) is 20.3. The number of aromatic nitrogens is 1. The number of hydrogen-bond donors (Lipinski definition) is 3. The van der Waals surface area contributed by atoms with Crippen molar-refractivity contribution in [2.75, 3.05) is 7.05 Å². The molecule has 2 atom stereocenters. The molecule has 3 N–H and O–H groups in total. The fraction of sp³-hybridized carbons (Fsp3) is 0.235. The van der Waals surface area contributed by atoms with E-state index < -0.39 is 47.1 Å². The second-order valence-corrected chi connectivity index (χ2v) is 5.48. The number of likely N-dealkylation sites (N-methyl/N-ethyl adjacent to an activating group) is 1. The van der Waals surface area contributed by atoms with Gasteiger partial charge in [-0.25, -0.2) is 4.39 Å². The predicted octanol–water partition coefficient (Wildman–Crippen LogP) is 1.82. The van der Waals surface area contributed by atoms with Gasteiger partial charge in [-0.05, 0) is 24.3 Å². The standard InChI is InChI=1S/C17H15F4N3O3/c1-22-16(27)13(14(25)9-3-2-6-23-8-9)24-15(26)11-5-4-10(18)7-12(11)17(19,20)21/h2-8,13-14,25H,1H3,(H,22,27)(H,24,26). The van der Waals surface area contributed by atoms with Gasteiger partial charge in [0.05, 0.1) is 11.1 Å². The molecule has 10 heteroatoms. The molecule has 1 aromatic heterocycles. The van der Waals surface area contributed by atoms with Gasteiger partial charge in [0, 0.05) is 25.0 Å². The van der Waals surface area contributed by atoms with E-state index in [9.17, 15) is 32.3 Å². The molecule has 27 heavy (non-hydrogen) atoms. The average Bonchev–Trinajstić information content (AvgIpc) is 2.64. The van der Waals surface area contributed by atoms with Gasteiger partial charge in [-0.1, -0.05) is 6.07 Å². The van der Waals surface area contributed by atoms with Gasteiger partial charge in [0.15, 0.2) is 0 Å². The normalized spacial score (nSPS) is 13.6. The number of hydrogen-bond acceptors (Lipinski definition) is 4. The van der Waals surface area contributed by atoms with E-state index in [1.54, 1.807) is 0 Å². The Hall–Kier alpha value is -3.01. The summed E-state index contributed by atoms with van der Waals surface area (Å²) in [5.41, 5.74) is -2.20. The van der Waals surface area contributed by atoms with Gasteiger partial charge in [0.2, 0.25) is 5.91 Å². The van der Waals surface area contributed by atoms with Gasteiger partial charge in [-0.3, -0.25) is 14.6 Å². The molecule has 0 spiro atoms. The number of nitrogens with zero attached hydrogens (tertiary/aromatic N) is 1. The smallest absolute Gasteiger partial charge is 0.386 e. The van der Waals surface area contributed by atoms with Crippen molar-refractivity contribution in [3.8, 4) is 0 Å². The number of aliphatic hydroxyl groups is 1. The van der Waals surface area contributed by atoms with Crippen molar-refractivity contribution in [2.45, 2.75) is 18.3 Å². The van der Waals surface area contributed by atoms with Crippen LogP contribution in [0.25, 0.3) is 0 Å². The van der Waals surface area contributed by atoms with E-state index >= 15 is 0 Å². The monoisotopic (exact) mass is 385 g/mol. The maximum Gasteiger partial charge on any atom is 0.417 e. The number of nitrogens with one attached hydrogen (secondary N) is 2. The molecular weight excluding hydrogens is 370 g/mol. The predicted molar refractivity (Wildman–Crippen MR) is 85.9 cm³/mol. The molecule has 2 unspecified atom stereocenters. The number of carbonyl (C=O) groups is 2. The highest BCUT2D eigenvalue weighted by atomic mass is 19.4. The minimum Gasteiger partial charge on any atom is -0.386 e. The van der Waals surface area contributed by atoms with Crippen molar-refractivity contribution in [3.05, 3.63) is 65.2 Å². The van der Waals surface area contributed by atoms with Gasteiger partial charge in [-0.15, -0.1) is 0 Å². The van der Waals surface area contributed by atoms with Gasteiger partial charge in [0.1, 0.15) is 18.0 Å². The fourth-order valence-corrected chi connectivity index (χ4v) is 2.35. The van der Waals surface area contributed by atoms with Crippen LogP contribution in [-0.2, 0) is 11.0 Å². The summed E-state index contributed by atoms with van der Waals surface area (Å²) in [6, 6.07) is 2.84. The minimum absolute atomic E-state index is 0.168. The van der Waals surface area contributed by atoms with Gasteiger partial charge in [0.25, 0.3) is 5.91 Å². The SMILES string of the molecule is CNC(=O)C(NC(=O)c1ccc(F)cc1C(F)(F)F)C(O)c1cccnc1. The summed E-state index contributed by atoms with van der Waals surface area (Å²) in [4.78, 5) is 28.2.